The number of hydrogen-bond donors (Lipinski definition) is 1. The quantitative estimate of drug-likeness (QED) is 0.876. The van der Waals surface area contributed by atoms with E-state index in [0.717, 1.165) is 16.5 Å². The van der Waals surface area contributed by atoms with Crippen LogP contribution < -0.4 is 5.32 Å². The van der Waals surface area contributed by atoms with Crippen LogP contribution in [-0.4, -0.2) is 22.1 Å². The summed E-state index contributed by atoms with van der Waals surface area (Å²) in [6.07, 6.45) is 1.18. The third-order valence-electron chi connectivity index (χ3n) is 3.73. The zero-order valence-electron chi connectivity index (χ0n) is 10.1. The molecule has 4 heteroatoms. The number of nitrogens with one attached hydrogen (secondary N) is 1. The predicted octanol–water partition coefficient (Wildman–Crippen LogP) is 2.80. The van der Waals surface area contributed by atoms with E-state index in [1.165, 1.54) is 17.8 Å². The second kappa shape index (κ2) is 4.10. The van der Waals surface area contributed by atoms with E-state index in [2.05, 4.69) is 58.0 Å². The maximum absolute atomic E-state index is 4.80. The molecule has 2 aromatic rings. The van der Waals surface area contributed by atoms with E-state index in [1.54, 1.807) is 0 Å². The number of nitrogens with zero attached hydrogens (tertiary/aromatic N) is 2. The molecule has 0 spiro atoms. The van der Waals surface area contributed by atoms with Crippen LogP contribution in [0.25, 0.3) is 11.0 Å². The number of rotatable bonds is 1. The van der Waals surface area contributed by atoms with E-state index in [1.807, 2.05) is 0 Å². The Morgan fingerprint density at radius 3 is 3.00 bits per heavy atom. The van der Waals surface area contributed by atoms with Crippen LogP contribution >= 0.6 is 15.9 Å². The van der Waals surface area contributed by atoms with Gasteiger partial charge >= 0.3 is 0 Å². The molecule has 0 aliphatic carbocycles. The van der Waals surface area contributed by atoms with Crippen molar-refractivity contribution in [3.8, 4) is 0 Å². The van der Waals surface area contributed by atoms with Gasteiger partial charge in [-0.15, -0.1) is 0 Å². The average molecular weight is 294 g/mol. The molecule has 2 unspecified atom stereocenters. The summed E-state index contributed by atoms with van der Waals surface area (Å²) in [5.41, 5.74) is 2.29. The van der Waals surface area contributed by atoms with Crippen LogP contribution in [0.5, 0.6) is 0 Å². The van der Waals surface area contributed by atoms with E-state index < -0.39 is 0 Å². The first-order valence-electron chi connectivity index (χ1n) is 6.02. The van der Waals surface area contributed by atoms with Crippen LogP contribution in [0.3, 0.4) is 0 Å². The third kappa shape index (κ3) is 1.79. The van der Waals surface area contributed by atoms with Gasteiger partial charge in [-0.3, -0.25) is 0 Å². The third-order valence-corrected chi connectivity index (χ3v) is 4.23. The van der Waals surface area contributed by atoms with Gasteiger partial charge in [-0.05, 0) is 38.1 Å². The maximum atomic E-state index is 4.80. The topological polar surface area (TPSA) is 29.9 Å². The lowest BCUT2D eigenvalue weighted by Crippen LogP contribution is -2.23. The highest BCUT2D eigenvalue weighted by Crippen LogP contribution is 2.29. The molecule has 1 aliphatic heterocycles. The number of aryl methyl sites for hydroxylation is 1. The molecule has 0 saturated carbocycles. The van der Waals surface area contributed by atoms with E-state index in [-0.39, 0.29) is 0 Å². The van der Waals surface area contributed by atoms with Crippen molar-refractivity contribution in [2.24, 2.45) is 7.05 Å². The average Bonchev–Trinajstić information content (AvgIpc) is 2.83. The molecule has 0 radical (unpaired) electrons. The Morgan fingerprint density at radius 2 is 2.29 bits per heavy atom. The molecule has 1 aromatic carbocycles. The number of imidazole rings is 1. The summed E-state index contributed by atoms with van der Waals surface area (Å²) in [5, 5.41) is 3.49. The lowest BCUT2D eigenvalue weighted by atomic mass is 10.0. The number of fused-ring (bicyclic) bond motifs is 1. The van der Waals surface area contributed by atoms with Crippen molar-refractivity contribution < 1.29 is 0 Å². The summed E-state index contributed by atoms with van der Waals surface area (Å²) in [5.74, 6) is 1.74. The van der Waals surface area contributed by atoms with Gasteiger partial charge in [0.25, 0.3) is 0 Å². The van der Waals surface area contributed by atoms with Crippen LogP contribution in [-0.2, 0) is 7.05 Å². The summed E-state index contributed by atoms with van der Waals surface area (Å²) in [4.78, 5) is 4.80. The molecular formula is C13H16BrN3. The molecule has 2 atom stereocenters. The fraction of sp³-hybridized carbons (Fsp3) is 0.462. The van der Waals surface area contributed by atoms with Crippen molar-refractivity contribution in [1.82, 2.24) is 14.9 Å². The molecule has 1 fully saturated rings. The second-order valence-corrected chi connectivity index (χ2v) is 5.72. The summed E-state index contributed by atoms with van der Waals surface area (Å²) >= 11 is 3.50. The SMILES string of the molecule is CC1NCCC1c1nc2cc(Br)ccc2n1C. The summed E-state index contributed by atoms with van der Waals surface area (Å²) in [7, 11) is 2.11. The molecule has 0 amide bonds. The minimum atomic E-state index is 0.522. The van der Waals surface area contributed by atoms with Gasteiger partial charge in [0.05, 0.1) is 11.0 Å². The maximum Gasteiger partial charge on any atom is 0.114 e. The summed E-state index contributed by atoms with van der Waals surface area (Å²) < 4.78 is 3.32. The molecule has 1 aliphatic rings. The van der Waals surface area contributed by atoms with E-state index in [0.29, 0.717) is 12.0 Å². The minimum Gasteiger partial charge on any atom is -0.331 e. The molecular weight excluding hydrogens is 278 g/mol. The zero-order chi connectivity index (χ0) is 12.0. The largest absolute Gasteiger partial charge is 0.331 e. The highest BCUT2D eigenvalue weighted by atomic mass is 79.9. The van der Waals surface area contributed by atoms with Crippen molar-refractivity contribution in [1.29, 1.82) is 0 Å². The van der Waals surface area contributed by atoms with E-state index in [9.17, 15) is 0 Å². The van der Waals surface area contributed by atoms with Crippen molar-refractivity contribution in [2.45, 2.75) is 25.3 Å². The van der Waals surface area contributed by atoms with Crippen LogP contribution in [0.1, 0.15) is 25.1 Å². The molecule has 17 heavy (non-hydrogen) atoms. The Balaban J connectivity index is 2.14. The molecule has 2 heterocycles. The van der Waals surface area contributed by atoms with Crippen LogP contribution in [0.2, 0.25) is 0 Å². The Bertz CT molecular complexity index is 561. The van der Waals surface area contributed by atoms with Crippen LogP contribution in [0.4, 0.5) is 0 Å². The van der Waals surface area contributed by atoms with E-state index in [4.69, 9.17) is 4.98 Å². The molecule has 1 N–H and O–H groups in total. The standard InChI is InChI=1S/C13H16BrN3/c1-8-10(5-6-15-8)13-16-11-7-9(14)3-4-12(11)17(13)2/h3-4,7-8,10,15H,5-6H2,1-2H3. The van der Waals surface area contributed by atoms with Gasteiger partial charge in [0.1, 0.15) is 5.82 Å². The van der Waals surface area contributed by atoms with Gasteiger partial charge in [-0.1, -0.05) is 15.9 Å². The molecule has 1 aromatic heterocycles. The normalized spacial score (nSPS) is 24.6. The summed E-state index contributed by atoms with van der Waals surface area (Å²) in [6, 6.07) is 6.81. The first-order valence-corrected chi connectivity index (χ1v) is 6.81. The Labute approximate surface area is 109 Å². The minimum absolute atomic E-state index is 0.522. The lowest BCUT2D eigenvalue weighted by molar-refractivity contribution is 0.554. The number of halogens is 1. The van der Waals surface area contributed by atoms with Gasteiger partial charge in [0, 0.05) is 23.5 Å². The number of hydrogen-bond acceptors (Lipinski definition) is 2. The first-order chi connectivity index (χ1) is 8.16. The van der Waals surface area contributed by atoms with Crippen molar-refractivity contribution in [3.63, 3.8) is 0 Å². The molecule has 0 bridgehead atoms. The van der Waals surface area contributed by atoms with Crippen molar-refractivity contribution in [2.75, 3.05) is 6.54 Å². The lowest BCUT2D eigenvalue weighted by Gasteiger charge is -2.14. The molecule has 3 nitrogen and oxygen atoms in total. The second-order valence-electron chi connectivity index (χ2n) is 4.80. The van der Waals surface area contributed by atoms with Gasteiger partial charge in [-0.2, -0.15) is 0 Å². The van der Waals surface area contributed by atoms with Gasteiger partial charge in [-0.25, -0.2) is 4.98 Å². The van der Waals surface area contributed by atoms with Gasteiger partial charge in [0.2, 0.25) is 0 Å². The molecule has 1 saturated heterocycles. The Hall–Kier alpha value is -0.870. The highest BCUT2D eigenvalue weighted by Gasteiger charge is 2.28. The monoisotopic (exact) mass is 293 g/mol. The Kier molecular flexibility index (Phi) is 2.71. The van der Waals surface area contributed by atoms with E-state index >= 15 is 0 Å². The number of aromatic nitrogens is 2. The highest BCUT2D eigenvalue weighted by molar-refractivity contribution is 9.10. The predicted molar refractivity (Wildman–Crippen MR) is 73.2 cm³/mol. The molecule has 3 rings (SSSR count). The fourth-order valence-electron chi connectivity index (χ4n) is 2.73. The first kappa shape index (κ1) is 11.2. The van der Waals surface area contributed by atoms with Crippen molar-refractivity contribution >= 4 is 27.0 Å². The van der Waals surface area contributed by atoms with Crippen LogP contribution in [0, 0.1) is 0 Å². The van der Waals surface area contributed by atoms with Gasteiger partial charge in [0.15, 0.2) is 0 Å². The smallest absolute Gasteiger partial charge is 0.114 e. The number of benzene rings is 1. The van der Waals surface area contributed by atoms with Gasteiger partial charge < -0.3 is 9.88 Å². The summed E-state index contributed by atoms with van der Waals surface area (Å²) in [6.45, 7) is 3.34. The van der Waals surface area contributed by atoms with Crippen LogP contribution in [0.15, 0.2) is 22.7 Å². The zero-order valence-corrected chi connectivity index (χ0v) is 11.7. The Morgan fingerprint density at radius 1 is 1.47 bits per heavy atom. The van der Waals surface area contributed by atoms with Crippen molar-refractivity contribution in [3.05, 3.63) is 28.5 Å². The molecule has 90 valence electrons. The fourth-order valence-corrected chi connectivity index (χ4v) is 3.08.